The molecule has 0 fully saturated rings. The maximum atomic E-state index is 13.7. The average molecular weight is 354 g/mol. The van der Waals surface area contributed by atoms with Gasteiger partial charge in [-0.3, -0.25) is 0 Å². The van der Waals surface area contributed by atoms with Crippen LogP contribution in [0, 0.1) is 5.82 Å². The van der Waals surface area contributed by atoms with E-state index in [1.54, 1.807) is 0 Å². The van der Waals surface area contributed by atoms with Crippen molar-refractivity contribution in [2.24, 2.45) is 10.7 Å². The minimum Gasteiger partial charge on any atom is -0.437 e. The van der Waals surface area contributed by atoms with Crippen molar-refractivity contribution in [1.82, 2.24) is 5.32 Å². The van der Waals surface area contributed by atoms with E-state index in [-0.39, 0.29) is 11.8 Å². The summed E-state index contributed by atoms with van der Waals surface area (Å²) < 4.78 is 56.1. The van der Waals surface area contributed by atoms with Gasteiger partial charge in [-0.1, -0.05) is 11.6 Å². The fraction of sp³-hybridized carbons (Fsp3) is 0.231. The van der Waals surface area contributed by atoms with Gasteiger partial charge in [0, 0.05) is 18.8 Å². The molecule has 0 heterocycles. The Hall–Kier alpha value is -2.29. The van der Waals surface area contributed by atoms with E-state index < -0.39 is 40.2 Å². The second-order valence-corrected chi connectivity index (χ2v) is 4.63. The van der Waals surface area contributed by atoms with Gasteiger partial charge < -0.3 is 15.8 Å². The molecule has 0 bridgehead atoms. The van der Waals surface area contributed by atoms with Crippen LogP contribution in [-0.4, -0.2) is 18.8 Å². The van der Waals surface area contributed by atoms with Crippen LogP contribution < -0.4 is 15.8 Å². The maximum Gasteiger partial charge on any atom is 0.416 e. The molecule has 0 spiro atoms. The van der Waals surface area contributed by atoms with Gasteiger partial charge in [0.25, 0.3) is 0 Å². The van der Waals surface area contributed by atoms with Crippen LogP contribution in [-0.2, 0) is 6.18 Å². The van der Waals surface area contributed by atoms with Crippen LogP contribution in [0.3, 0.4) is 0 Å². The Kier molecular flexibility index (Phi) is 5.97. The Morgan fingerprint density at radius 3 is 2.52 bits per heavy atom. The Bertz CT molecular complexity index is 649. The molecule has 1 aromatic rings. The van der Waals surface area contributed by atoms with Gasteiger partial charge in [-0.25, -0.2) is 9.18 Å². The summed E-state index contributed by atoms with van der Waals surface area (Å²) in [6.07, 6.45) is -3.66. The van der Waals surface area contributed by atoms with Crippen LogP contribution in [0.4, 0.5) is 22.4 Å². The highest BCUT2D eigenvalue weighted by atomic mass is 35.5. The standard InChI is InChI=1S/C13H12ClF4N3O2/c1-6(21-12(22)20-2)3-10(19)23-11-8(14)4-7(5-9(11)15)13(16,17)18/h3-5H,19H2,1-2H3,(H,20,22)/b10-3+,21-6+. The zero-order valence-electron chi connectivity index (χ0n) is 12.0. The van der Waals surface area contributed by atoms with Gasteiger partial charge in [-0.05, 0) is 19.1 Å². The summed E-state index contributed by atoms with van der Waals surface area (Å²) in [4.78, 5) is 14.5. The predicted octanol–water partition coefficient (Wildman–Crippen LogP) is 3.48. The Morgan fingerprint density at radius 2 is 2.04 bits per heavy atom. The lowest BCUT2D eigenvalue weighted by Crippen LogP contribution is -2.15. The summed E-state index contributed by atoms with van der Waals surface area (Å²) in [5.41, 5.74) is 4.34. The van der Waals surface area contributed by atoms with Crippen molar-refractivity contribution >= 4 is 23.3 Å². The number of nitrogens with one attached hydrogen (secondary N) is 1. The molecule has 0 saturated carbocycles. The van der Waals surface area contributed by atoms with Crippen molar-refractivity contribution in [2.75, 3.05) is 7.05 Å². The first kappa shape index (κ1) is 18.8. The molecule has 23 heavy (non-hydrogen) atoms. The third-order valence-corrected chi connectivity index (χ3v) is 2.67. The van der Waals surface area contributed by atoms with Crippen LogP contribution in [0.25, 0.3) is 0 Å². The van der Waals surface area contributed by atoms with Crippen LogP contribution in [0.1, 0.15) is 12.5 Å². The van der Waals surface area contributed by atoms with Gasteiger partial charge in [-0.15, -0.1) is 0 Å². The first-order valence-electron chi connectivity index (χ1n) is 6.03. The van der Waals surface area contributed by atoms with E-state index in [0.717, 1.165) is 6.08 Å². The summed E-state index contributed by atoms with van der Waals surface area (Å²) in [5.74, 6) is -2.40. The summed E-state index contributed by atoms with van der Waals surface area (Å²) >= 11 is 5.59. The van der Waals surface area contributed by atoms with Crippen LogP contribution in [0.5, 0.6) is 5.75 Å². The molecule has 2 amide bonds. The van der Waals surface area contributed by atoms with Gasteiger partial charge in [0.15, 0.2) is 17.4 Å². The Labute approximate surface area is 133 Å². The van der Waals surface area contributed by atoms with E-state index in [4.69, 9.17) is 22.1 Å². The zero-order chi connectivity index (χ0) is 17.8. The highest BCUT2D eigenvalue weighted by Crippen LogP contribution is 2.37. The first-order chi connectivity index (χ1) is 10.5. The molecule has 126 valence electrons. The Morgan fingerprint density at radius 1 is 1.43 bits per heavy atom. The summed E-state index contributed by atoms with van der Waals surface area (Å²) in [6, 6.07) is 0.101. The average Bonchev–Trinajstić information content (AvgIpc) is 2.41. The molecular formula is C13H12ClF4N3O2. The molecule has 0 aliphatic heterocycles. The fourth-order valence-electron chi connectivity index (χ4n) is 1.42. The number of aliphatic imine (C=N–C) groups is 1. The van der Waals surface area contributed by atoms with Crippen LogP contribution in [0.2, 0.25) is 5.02 Å². The van der Waals surface area contributed by atoms with Crippen molar-refractivity contribution in [1.29, 1.82) is 0 Å². The number of halogens is 5. The minimum absolute atomic E-state index is 0.130. The molecule has 0 aromatic heterocycles. The molecule has 10 heteroatoms. The first-order valence-corrected chi connectivity index (χ1v) is 6.40. The number of hydrogen-bond donors (Lipinski definition) is 2. The van der Waals surface area contributed by atoms with Gasteiger partial charge in [-0.2, -0.15) is 18.2 Å². The highest BCUT2D eigenvalue weighted by Gasteiger charge is 2.32. The Balaban J connectivity index is 3.06. The molecule has 0 saturated heterocycles. The maximum absolute atomic E-state index is 13.7. The van der Waals surface area contributed by atoms with E-state index in [0.29, 0.717) is 6.07 Å². The summed E-state index contributed by atoms with van der Waals surface area (Å²) in [7, 11) is 1.36. The number of amides is 2. The number of alkyl halides is 3. The third kappa shape index (κ3) is 5.44. The van der Waals surface area contributed by atoms with Crippen molar-refractivity contribution in [2.45, 2.75) is 13.1 Å². The normalized spacial score (nSPS) is 13.0. The lowest BCUT2D eigenvalue weighted by atomic mass is 10.2. The number of benzene rings is 1. The van der Waals surface area contributed by atoms with Gasteiger partial charge in [0.05, 0.1) is 10.6 Å². The van der Waals surface area contributed by atoms with Crippen molar-refractivity contribution in [3.63, 3.8) is 0 Å². The summed E-state index contributed by atoms with van der Waals surface area (Å²) in [6.45, 7) is 1.41. The van der Waals surface area contributed by atoms with Crippen molar-refractivity contribution in [3.05, 3.63) is 40.5 Å². The molecule has 0 aliphatic carbocycles. The fourth-order valence-corrected chi connectivity index (χ4v) is 1.67. The smallest absolute Gasteiger partial charge is 0.416 e. The predicted molar refractivity (Wildman–Crippen MR) is 76.9 cm³/mol. The monoisotopic (exact) mass is 353 g/mol. The second-order valence-electron chi connectivity index (χ2n) is 4.22. The summed E-state index contributed by atoms with van der Waals surface area (Å²) in [5, 5.41) is 1.63. The molecule has 5 nitrogen and oxygen atoms in total. The molecule has 1 rings (SSSR count). The van der Waals surface area contributed by atoms with E-state index in [1.807, 2.05) is 0 Å². The number of allylic oxidation sites excluding steroid dienone is 1. The number of carbonyl (C=O) groups is 1. The number of hydrogen-bond acceptors (Lipinski definition) is 3. The largest absolute Gasteiger partial charge is 0.437 e. The molecule has 0 atom stereocenters. The number of urea groups is 1. The van der Waals surface area contributed by atoms with Gasteiger partial charge >= 0.3 is 12.2 Å². The number of nitrogens with zero attached hydrogens (tertiary/aromatic N) is 1. The second kappa shape index (κ2) is 7.32. The van der Waals surface area contributed by atoms with E-state index in [9.17, 15) is 22.4 Å². The molecule has 3 N–H and O–H groups in total. The van der Waals surface area contributed by atoms with E-state index in [1.165, 1.54) is 14.0 Å². The molecule has 0 radical (unpaired) electrons. The van der Waals surface area contributed by atoms with E-state index in [2.05, 4.69) is 10.3 Å². The number of rotatable bonds is 3. The quantitative estimate of drug-likeness (QED) is 0.496. The lowest BCUT2D eigenvalue weighted by Gasteiger charge is -2.12. The zero-order valence-corrected chi connectivity index (χ0v) is 12.7. The van der Waals surface area contributed by atoms with Crippen LogP contribution in [0.15, 0.2) is 29.1 Å². The molecular weight excluding hydrogens is 342 g/mol. The molecule has 0 aliphatic rings. The SMILES string of the molecule is CNC(=O)/N=C(C)/C=C(\N)Oc1c(F)cc(C(F)(F)F)cc1Cl. The third-order valence-electron chi connectivity index (χ3n) is 2.39. The van der Waals surface area contributed by atoms with Gasteiger partial charge in [0.1, 0.15) is 0 Å². The topological polar surface area (TPSA) is 76.7 Å². The number of carbonyl (C=O) groups excluding carboxylic acids is 1. The lowest BCUT2D eigenvalue weighted by molar-refractivity contribution is -0.137. The molecule has 0 unspecified atom stereocenters. The van der Waals surface area contributed by atoms with Crippen molar-refractivity contribution < 1.29 is 27.1 Å². The number of ether oxygens (including phenoxy) is 1. The van der Waals surface area contributed by atoms with Crippen molar-refractivity contribution in [3.8, 4) is 5.75 Å². The van der Waals surface area contributed by atoms with Crippen LogP contribution >= 0.6 is 11.6 Å². The van der Waals surface area contributed by atoms with E-state index >= 15 is 0 Å². The van der Waals surface area contributed by atoms with Gasteiger partial charge in [0.2, 0.25) is 0 Å². The number of nitrogens with two attached hydrogens (primary N) is 1. The highest BCUT2D eigenvalue weighted by molar-refractivity contribution is 6.32. The minimum atomic E-state index is -4.75. The molecule has 1 aromatic carbocycles.